The number of fused-ring (bicyclic) bond motifs is 1. The number of piperazine rings is 1. The number of aromatic nitrogens is 3. The van der Waals surface area contributed by atoms with E-state index in [1.54, 1.807) is 23.6 Å². The summed E-state index contributed by atoms with van der Waals surface area (Å²) in [5.41, 5.74) is 2.89. The molecule has 2 aromatic heterocycles. The number of hydrogen-bond acceptors (Lipinski definition) is 7. The van der Waals surface area contributed by atoms with Crippen molar-refractivity contribution in [1.29, 1.82) is 0 Å². The first kappa shape index (κ1) is 25.4. The van der Waals surface area contributed by atoms with Gasteiger partial charge in [-0.3, -0.25) is 14.7 Å². The van der Waals surface area contributed by atoms with Gasteiger partial charge in [-0.15, -0.1) is 10.2 Å². The van der Waals surface area contributed by atoms with E-state index in [-0.39, 0.29) is 11.4 Å². The number of pyridine rings is 1. The number of halogens is 3. The first-order valence-electron chi connectivity index (χ1n) is 12.1. The summed E-state index contributed by atoms with van der Waals surface area (Å²) in [4.78, 5) is 20.4. The Morgan fingerprint density at radius 3 is 2.39 bits per heavy atom. The Morgan fingerprint density at radius 2 is 1.71 bits per heavy atom. The number of carbonyl (C=O) groups is 1. The van der Waals surface area contributed by atoms with E-state index >= 15 is 0 Å². The Hall–Kier alpha value is -4.25. The second kappa shape index (κ2) is 10.6. The monoisotopic (exact) mass is 522 g/mol. The predicted octanol–water partition coefficient (Wildman–Crippen LogP) is 4.01. The highest BCUT2D eigenvalue weighted by Crippen LogP contribution is 2.32. The standard InChI is InChI=1S/C27H25F3N6O2/c28-27(29,30)17-32-26(38)24-7-8-25(34-33-24)36-11-9-35(10-12-36)16-18-5-6-22(19-13-20(37)15-31-14-19)23-4-2-1-3-21(18)23/h1-8,13-15,37H,9-12,16-17H2,(H,32,38). The molecular weight excluding hydrogens is 497 g/mol. The molecular formula is C27H25F3N6O2. The number of nitrogens with zero attached hydrogens (tertiary/aromatic N) is 5. The van der Waals surface area contributed by atoms with Gasteiger partial charge in [0.2, 0.25) is 0 Å². The van der Waals surface area contributed by atoms with E-state index in [0.29, 0.717) is 18.9 Å². The van der Waals surface area contributed by atoms with E-state index in [1.807, 2.05) is 17.0 Å². The van der Waals surface area contributed by atoms with Crippen LogP contribution in [0.5, 0.6) is 5.75 Å². The minimum Gasteiger partial charge on any atom is -0.506 e. The molecule has 1 amide bonds. The molecule has 1 fully saturated rings. The van der Waals surface area contributed by atoms with Crippen molar-refractivity contribution in [3.05, 3.63) is 78.2 Å². The van der Waals surface area contributed by atoms with E-state index in [9.17, 15) is 23.1 Å². The first-order valence-corrected chi connectivity index (χ1v) is 12.1. The van der Waals surface area contributed by atoms with Crippen LogP contribution in [0.2, 0.25) is 0 Å². The van der Waals surface area contributed by atoms with Crippen LogP contribution in [-0.2, 0) is 6.54 Å². The highest BCUT2D eigenvalue weighted by atomic mass is 19.4. The molecule has 5 rings (SSSR count). The largest absolute Gasteiger partial charge is 0.506 e. The van der Waals surface area contributed by atoms with Crippen molar-refractivity contribution < 1.29 is 23.1 Å². The fraction of sp³-hybridized carbons (Fsp3) is 0.259. The van der Waals surface area contributed by atoms with Crippen molar-refractivity contribution in [2.45, 2.75) is 12.7 Å². The molecule has 2 aromatic carbocycles. The third kappa shape index (κ3) is 5.83. The second-order valence-electron chi connectivity index (χ2n) is 9.09. The Morgan fingerprint density at radius 1 is 0.947 bits per heavy atom. The summed E-state index contributed by atoms with van der Waals surface area (Å²) >= 11 is 0. The molecule has 0 radical (unpaired) electrons. The normalized spacial score (nSPS) is 14.6. The summed E-state index contributed by atoms with van der Waals surface area (Å²) in [6, 6.07) is 17.1. The molecule has 0 unspecified atom stereocenters. The van der Waals surface area contributed by atoms with Crippen molar-refractivity contribution in [2.75, 3.05) is 37.6 Å². The van der Waals surface area contributed by atoms with Crippen LogP contribution >= 0.6 is 0 Å². The summed E-state index contributed by atoms with van der Waals surface area (Å²) in [6.45, 7) is 2.29. The van der Waals surface area contributed by atoms with Gasteiger partial charge in [-0.1, -0.05) is 36.4 Å². The van der Waals surface area contributed by atoms with Gasteiger partial charge in [-0.25, -0.2) is 0 Å². The van der Waals surface area contributed by atoms with Crippen LogP contribution in [0.25, 0.3) is 21.9 Å². The van der Waals surface area contributed by atoms with Gasteiger partial charge in [-0.05, 0) is 40.1 Å². The predicted molar refractivity (Wildman–Crippen MR) is 137 cm³/mol. The quantitative estimate of drug-likeness (QED) is 0.395. The van der Waals surface area contributed by atoms with Crippen LogP contribution < -0.4 is 10.2 Å². The first-order chi connectivity index (χ1) is 18.3. The van der Waals surface area contributed by atoms with Crippen molar-refractivity contribution in [1.82, 2.24) is 25.4 Å². The number of nitrogens with one attached hydrogen (secondary N) is 1. The molecule has 196 valence electrons. The lowest BCUT2D eigenvalue weighted by molar-refractivity contribution is -0.123. The van der Waals surface area contributed by atoms with Gasteiger partial charge in [0, 0.05) is 44.5 Å². The van der Waals surface area contributed by atoms with Crippen molar-refractivity contribution in [3.63, 3.8) is 0 Å². The molecule has 0 bridgehead atoms. The van der Waals surface area contributed by atoms with Gasteiger partial charge in [-0.2, -0.15) is 13.2 Å². The van der Waals surface area contributed by atoms with E-state index in [1.165, 1.54) is 17.8 Å². The third-order valence-electron chi connectivity index (χ3n) is 6.47. The van der Waals surface area contributed by atoms with E-state index < -0.39 is 18.6 Å². The number of hydrogen-bond donors (Lipinski definition) is 2. The Bertz CT molecular complexity index is 1440. The zero-order valence-corrected chi connectivity index (χ0v) is 20.3. The number of benzene rings is 2. The molecule has 2 N–H and O–H groups in total. The third-order valence-corrected chi connectivity index (χ3v) is 6.47. The number of aromatic hydroxyl groups is 1. The van der Waals surface area contributed by atoms with E-state index in [2.05, 4.69) is 44.3 Å². The molecule has 1 aliphatic rings. The molecule has 4 aromatic rings. The molecule has 8 nitrogen and oxygen atoms in total. The smallest absolute Gasteiger partial charge is 0.405 e. The molecule has 0 saturated carbocycles. The van der Waals surface area contributed by atoms with Gasteiger partial charge in [0.15, 0.2) is 11.5 Å². The number of anilines is 1. The molecule has 0 aliphatic carbocycles. The van der Waals surface area contributed by atoms with Crippen molar-refractivity contribution >= 4 is 22.5 Å². The maximum atomic E-state index is 12.3. The molecule has 1 aliphatic heterocycles. The Balaban J connectivity index is 1.23. The number of carbonyl (C=O) groups excluding carboxylic acids is 1. The lowest BCUT2D eigenvalue weighted by Gasteiger charge is -2.35. The molecule has 3 heterocycles. The summed E-state index contributed by atoms with van der Waals surface area (Å²) in [6.07, 6.45) is -1.33. The lowest BCUT2D eigenvalue weighted by atomic mass is 9.95. The van der Waals surface area contributed by atoms with Crippen molar-refractivity contribution in [3.8, 4) is 16.9 Å². The van der Waals surface area contributed by atoms with Crippen LogP contribution in [-0.4, -0.2) is 70.0 Å². The maximum Gasteiger partial charge on any atom is 0.405 e. The van der Waals surface area contributed by atoms with Gasteiger partial charge < -0.3 is 15.3 Å². The van der Waals surface area contributed by atoms with E-state index in [4.69, 9.17) is 0 Å². The van der Waals surface area contributed by atoms with Gasteiger partial charge >= 0.3 is 6.18 Å². The summed E-state index contributed by atoms with van der Waals surface area (Å²) < 4.78 is 36.9. The van der Waals surface area contributed by atoms with E-state index in [0.717, 1.165) is 41.5 Å². The fourth-order valence-electron chi connectivity index (χ4n) is 4.59. The van der Waals surface area contributed by atoms with Gasteiger partial charge in [0.1, 0.15) is 12.3 Å². The summed E-state index contributed by atoms with van der Waals surface area (Å²) in [5, 5.41) is 21.8. The minimum absolute atomic E-state index is 0.123. The number of alkyl halides is 3. The molecule has 0 spiro atoms. The molecule has 1 saturated heterocycles. The van der Waals surface area contributed by atoms with Crippen LogP contribution in [0, 0.1) is 0 Å². The van der Waals surface area contributed by atoms with Crippen LogP contribution in [0.3, 0.4) is 0 Å². The van der Waals surface area contributed by atoms with Crippen LogP contribution in [0.1, 0.15) is 16.1 Å². The number of amides is 1. The number of rotatable bonds is 6. The topological polar surface area (TPSA) is 94.5 Å². The van der Waals surface area contributed by atoms with Gasteiger partial charge in [0.05, 0.1) is 6.20 Å². The minimum atomic E-state index is -4.49. The SMILES string of the molecule is O=C(NCC(F)(F)F)c1ccc(N2CCN(Cc3ccc(-c4cncc(O)c4)c4ccccc34)CC2)nn1. The average molecular weight is 523 g/mol. The van der Waals surface area contributed by atoms with Crippen LogP contribution in [0.4, 0.5) is 19.0 Å². The average Bonchev–Trinajstić information content (AvgIpc) is 2.92. The highest BCUT2D eigenvalue weighted by Gasteiger charge is 2.28. The summed E-state index contributed by atoms with van der Waals surface area (Å²) in [7, 11) is 0. The zero-order valence-electron chi connectivity index (χ0n) is 20.3. The second-order valence-corrected chi connectivity index (χ2v) is 9.09. The van der Waals surface area contributed by atoms with Gasteiger partial charge in [0.25, 0.3) is 5.91 Å². The Labute approximate surface area is 216 Å². The van der Waals surface area contributed by atoms with Crippen molar-refractivity contribution in [2.24, 2.45) is 0 Å². The molecule has 11 heteroatoms. The maximum absolute atomic E-state index is 12.3. The highest BCUT2D eigenvalue weighted by molar-refractivity contribution is 5.98. The molecule has 38 heavy (non-hydrogen) atoms. The van der Waals surface area contributed by atoms with Crippen LogP contribution in [0.15, 0.2) is 67.0 Å². The zero-order chi connectivity index (χ0) is 26.7. The Kier molecular flexibility index (Phi) is 7.10. The lowest BCUT2D eigenvalue weighted by Crippen LogP contribution is -2.46. The summed E-state index contributed by atoms with van der Waals surface area (Å²) in [5.74, 6) is -0.214. The fourth-order valence-corrected chi connectivity index (χ4v) is 4.59. The molecule has 0 atom stereocenters.